The highest BCUT2D eigenvalue weighted by Gasteiger charge is 2.25. The van der Waals surface area contributed by atoms with E-state index in [-0.39, 0.29) is 24.1 Å². The summed E-state index contributed by atoms with van der Waals surface area (Å²) in [7, 11) is 0. The van der Waals surface area contributed by atoms with Crippen LogP contribution in [0.25, 0.3) is 0 Å². The molecule has 2 rings (SSSR count). The summed E-state index contributed by atoms with van der Waals surface area (Å²) in [5, 5.41) is 9.88. The molecule has 5 nitrogen and oxygen atoms in total. The van der Waals surface area contributed by atoms with Crippen molar-refractivity contribution in [1.82, 2.24) is 4.90 Å². The van der Waals surface area contributed by atoms with Crippen LogP contribution in [0.1, 0.15) is 6.42 Å². The van der Waals surface area contributed by atoms with Gasteiger partial charge in [-0.15, -0.1) is 12.4 Å². The largest absolute Gasteiger partial charge is 0.506 e. The Kier molecular flexibility index (Phi) is 7.85. The minimum Gasteiger partial charge on any atom is -0.506 e. The number of piperazine rings is 1. The van der Waals surface area contributed by atoms with E-state index >= 15 is 0 Å². The van der Waals surface area contributed by atoms with Crippen LogP contribution in [0.15, 0.2) is 24.3 Å². The molecule has 1 saturated heterocycles. The Morgan fingerprint density at radius 2 is 1.95 bits per heavy atom. The van der Waals surface area contributed by atoms with Crippen molar-refractivity contribution in [3.63, 3.8) is 0 Å². The van der Waals surface area contributed by atoms with Crippen molar-refractivity contribution in [2.45, 2.75) is 12.5 Å². The molecule has 0 aromatic heterocycles. The second-order valence-electron chi connectivity index (χ2n) is 5.19. The van der Waals surface area contributed by atoms with E-state index in [0.717, 1.165) is 31.0 Å². The van der Waals surface area contributed by atoms with Crippen LogP contribution >= 0.6 is 24.2 Å². The van der Waals surface area contributed by atoms with Crippen molar-refractivity contribution in [2.75, 3.05) is 43.1 Å². The predicted octanol–water partition coefficient (Wildman–Crippen LogP) is 1.54. The summed E-state index contributed by atoms with van der Waals surface area (Å²) >= 11 is 1.71. The van der Waals surface area contributed by atoms with E-state index in [9.17, 15) is 9.90 Å². The molecule has 0 bridgehead atoms. The number of halogens is 1. The SMILES string of the molecule is CSCC[C@H](N)C(=O)N1CCN(c2ccccc2O)CC1.Cl. The molecule has 1 aromatic carbocycles. The van der Waals surface area contributed by atoms with E-state index in [2.05, 4.69) is 4.90 Å². The van der Waals surface area contributed by atoms with Crippen molar-refractivity contribution in [1.29, 1.82) is 0 Å². The van der Waals surface area contributed by atoms with Crippen molar-refractivity contribution < 1.29 is 9.90 Å². The van der Waals surface area contributed by atoms with Crippen molar-refractivity contribution >= 4 is 35.8 Å². The van der Waals surface area contributed by atoms with E-state index in [1.54, 1.807) is 17.8 Å². The van der Waals surface area contributed by atoms with Crippen LogP contribution in [0.5, 0.6) is 5.75 Å². The number of phenolic OH excluding ortho intramolecular Hbond substituents is 1. The summed E-state index contributed by atoms with van der Waals surface area (Å²) in [6.45, 7) is 2.75. The highest BCUT2D eigenvalue weighted by atomic mass is 35.5. The van der Waals surface area contributed by atoms with Gasteiger partial charge in [-0.2, -0.15) is 11.8 Å². The monoisotopic (exact) mass is 345 g/mol. The van der Waals surface area contributed by atoms with Gasteiger partial charge in [0, 0.05) is 26.2 Å². The van der Waals surface area contributed by atoms with Gasteiger partial charge in [0.05, 0.1) is 11.7 Å². The lowest BCUT2D eigenvalue weighted by Gasteiger charge is -2.37. The molecule has 1 aliphatic heterocycles. The summed E-state index contributed by atoms with van der Waals surface area (Å²) in [4.78, 5) is 16.2. The third-order valence-corrected chi connectivity index (χ3v) is 4.41. The molecule has 1 heterocycles. The lowest BCUT2D eigenvalue weighted by molar-refractivity contribution is -0.132. The van der Waals surface area contributed by atoms with Crippen LogP contribution in [0.3, 0.4) is 0 Å². The molecule has 1 fully saturated rings. The van der Waals surface area contributed by atoms with Gasteiger partial charge in [0.25, 0.3) is 0 Å². The van der Waals surface area contributed by atoms with Crippen LogP contribution in [-0.2, 0) is 4.79 Å². The Labute approximate surface area is 142 Å². The first-order valence-electron chi connectivity index (χ1n) is 7.19. The quantitative estimate of drug-likeness (QED) is 0.847. The number of hydrogen-bond donors (Lipinski definition) is 2. The zero-order valence-electron chi connectivity index (χ0n) is 12.8. The fourth-order valence-corrected chi connectivity index (χ4v) is 2.99. The van der Waals surface area contributed by atoms with Crippen LogP contribution in [0.2, 0.25) is 0 Å². The van der Waals surface area contributed by atoms with Crippen molar-refractivity contribution in [2.24, 2.45) is 5.73 Å². The van der Waals surface area contributed by atoms with E-state index in [0.29, 0.717) is 13.1 Å². The van der Waals surface area contributed by atoms with Gasteiger partial charge < -0.3 is 20.6 Å². The summed E-state index contributed by atoms with van der Waals surface area (Å²) < 4.78 is 0. The van der Waals surface area contributed by atoms with Crippen LogP contribution in [0.4, 0.5) is 5.69 Å². The number of thioether (sulfide) groups is 1. The summed E-state index contributed by atoms with van der Waals surface area (Å²) in [5.41, 5.74) is 6.78. The molecule has 0 aliphatic carbocycles. The number of carbonyl (C=O) groups excluding carboxylic acids is 1. The van der Waals surface area contributed by atoms with Gasteiger partial charge in [-0.3, -0.25) is 4.79 Å². The first kappa shape index (κ1) is 18.9. The number of carbonyl (C=O) groups is 1. The number of anilines is 1. The highest BCUT2D eigenvalue weighted by molar-refractivity contribution is 7.98. The number of hydrogen-bond acceptors (Lipinski definition) is 5. The van der Waals surface area contributed by atoms with Gasteiger partial charge in [0.1, 0.15) is 5.75 Å². The molecule has 1 atom stereocenters. The lowest BCUT2D eigenvalue weighted by Crippen LogP contribution is -2.53. The van der Waals surface area contributed by atoms with Crippen LogP contribution < -0.4 is 10.6 Å². The van der Waals surface area contributed by atoms with Gasteiger partial charge in [-0.05, 0) is 30.6 Å². The maximum absolute atomic E-state index is 12.2. The fourth-order valence-electron chi connectivity index (χ4n) is 2.50. The van der Waals surface area contributed by atoms with Gasteiger partial charge in [-0.1, -0.05) is 12.1 Å². The smallest absolute Gasteiger partial charge is 0.239 e. The number of benzene rings is 1. The third-order valence-electron chi connectivity index (χ3n) is 3.76. The first-order valence-corrected chi connectivity index (χ1v) is 8.59. The average Bonchev–Trinajstić information content (AvgIpc) is 2.52. The van der Waals surface area contributed by atoms with E-state index in [1.807, 2.05) is 29.4 Å². The van der Waals surface area contributed by atoms with Crippen molar-refractivity contribution in [3.05, 3.63) is 24.3 Å². The molecular weight excluding hydrogens is 322 g/mol. The average molecular weight is 346 g/mol. The molecule has 1 aliphatic rings. The van der Waals surface area contributed by atoms with Crippen molar-refractivity contribution in [3.8, 4) is 5.75 Å². The van der Waals surface area contributed by atoms with E-state index in [1.165, 1.54) is 0 Å². The van der Waals surface area contributed by atoms with Crippen LogP contribution in [0, 0.1) is 0 Å². The number of phenols is 1. The molecule has 3 N–H and O–H groups in total. The lowest BCUT2D eigenvalue weighted by atomic mass is 10.1. The number of nitrogens with two attached hydrogens (primary N) is 1. The second kappa shape index (κ2) is 9.12. The summed E-state index contributed by atoms with van der Waals surface area (Å²) in [5.74, 6) is 1.24. The Morgan fingerprint density at radius 1 is 1.32 bits per heavy atom. The Morgan fingerprint density at radius 3 is 2.55 bits per heavy atom. The van der Waals surface area contributed by atoms with E-state index in [4.69, 9.17) is 5.73 Å². The normalized spacial score (nSPS) is 16.1. The van der Waals surface area contributed by atoms with Gasteiger partial charge >= 0.3 is 0 Å². The minimum atomic E-state index is -0.394. The summed E-state index contributed by atoms with van der Waals surface area (Å²) in [6.07, 6.45) is 2.74. The minimum absolute atomic E-state index is 0. The Bertz CT molecular complexity index is 482. The van der Waals surface area contributed by atoms with Crippen LogP contribution in [-0.4, -0.2) is 60.1 Å². The molecule has 0 spiro atoms. The predicted molar refractivity (Wildman–Crippen MR) is 95.1 cm³/mol. The fraction of sp³-hybridized carbons (Fsp3) is 0.533. The standard InChI is InChI=1S/C15H23N3O2S.ClH/c1-21-11-6-12(16)15(20)18-9-7-17(8-10-18)13-4-2-3-5-14(13)19;/h2-5,12,19H,6-11,16H2,1H3;1H/t12-;/m0./s1. The number of nitrogens with zero attached hydrogens (tertiary/aromatic N) is 2. The van der Waals surface area contributed by atoms with Gasteiger partial charge in [-0.25, -0.2) is 0 Å². The highest BCUT2D eigenvalue weighted by Crippen LogP contribution is 2.27. The van der Waals surface area contributed by atoms with Gasteiger partial charge in [0.15, 0.2) is 0 Å². The second-order valence-corrected chi connectivity index (χ2v) is 6.17. The number of amides is 1. The number of rotatable bonds is 5. The molecular formula is C15H24ClN3O2S. The Hall–Kier alpha value is -1.11. The number of para-hydroxylation sites is 2. The maximum atomic E-state index is 12.2. The topological polar surface area (TPSA) is 69.8 Å². The molecule has 1 amide bonds. The zero-order chi connectivity index (χ0) is 15.2. The first-order chi connectivity index (χ1) is 10.1. The molecule has 0 unspecified atom stereocenters. The molecule has 0 radical (unpaired) electrons. The molecule has 0 saturated carbocycles. The number of aromatic hydroxyl groups is 1. The third kappa shape index (κ3) is 4.69. The molecule has 1 aromatic rings. The zero-order valence-corrected chi connectivity index (χ0v) is 14.4. The molecule has 22 heavy (non-hydrogen) atoms. The van der Waals surface area contributed by atoms with E-state index < -0.39 is 6.04 Å². The Balaban J connectivity index is 0.00000242. The van der Waals surface area contributed by atoms with Gasteiger partial charge in [0.2, 0.25) is 5.91 Å². The molecule has 124 valence electrons. The maximum Gasteiger partial charge on any atom is 0.239 e. The molecule has 7 heteroatoms. The summed E-state index contributed by atoms with van der Waals surface area (Å²) in [6, 6.07) is 6.91.